The van der Waals surface area contributed by atoms with Gasteiger partial charge in [-0.3, -0.25) is 4.79 Å². The summed E-state index contributed by atoms with van der Waals surface area (Å²) >= 11 is 0. The fourth-order valence-electron chi connectivity index (χ4n) is 3.04. The average molecular weight is 358 g/mol. The molecule has 1 heterocycles. The molecule has 0 aromatic heterocycles. The van der Waals surface area contributed by atoms with E-state index in [-0.39, 0.29) is 17.8 Å². The van der Waals surface area contributed by atoms with Gasteiger partial charge in [0.15, 0.2) is 0 Å². The summed E-state index contributed by atoms with van der Waals surface area (Å²) < 4.78 is 6.13. The van der Waals surface area contributed by atoms with Gasteiger partial charge in [-0.2, -0.15) is 5.10 Å². The molecule has 134 valence electrons. The molecule has 3 aromatic carbocycles. The summed E-state index contributed by atoms with van der Waals surface area (Å²) in [6.07, 6.45) is 0.391. The van der Waals surface area contributed by atoms with Gasteiger partial charge in [-0.25, -0.2) is 5.43 Å². The molecule has 3 aromatic rings. The summed E-state index contributed by atoms with van der Waals surface area (Å²) in [4.78, 5) is 12.3. The van der Waals surface area contributed by atoms with Gasteiger partial charge in [-0.05, 0) is 42.0 Å². The highest BCUT2D eigenvalue weighted by Crippen LogP contribution is 2.34. The molecule has 0 aliphatic carbocycles. The van der Waals surface area contributed by atoms with Crippen LogP contribution in [-0.2, 0) is 0 Å². The number of rotatable bonds is 3. The summed E-state index contributed by atoms with van der Waals surface area (Å²) in [7, 11) is 0. The van der Waals surface area contributed by atoms with Crippen LogP contribution in [0.1, 0.15) is 34.0 Å². The summed E-state index contributed by atoms with van der Waals surface area (Å²) in [6.45, 7) is 0. The van der Waals surface area contributed by atoms with Crippen molar-refractivity contribution in [2.24, 2.45) is 5.10 Å². The lowest BCUT2D eigenvalue weighted by atomic mass is 9.96. The minimum atomic E-state index is -0.331. The molecule has 1 amide bonds. The molecule has 1 aliphatic rings. The minimum Gasteiger partial charge on any atom is -0.508 e. The smallest absolute Gasteiger partial charge is 0.271 e. The maximum Gasteiger partial charge on any atom is 0.271 e. The van der Waals surface area contributed by atoms with E-state index in [0.29, 0.717) is 12.0 Å². The molecule has 0 spiro atoms. The molecule has 0 saturated carbocycles. The van der Waals surface area contributed by atoms with Crippen LogP contribution in [0.4, 0.5) is 0 Å². The summed E-state index contributed by atoms with van der Waals surface area (Å²) in [5.41, 5.74) is 5.73. The number of carbonyl (C=O) groups is 1. The Morgan fingerprint density at radius 3 is 2.44 bits per heavy atom. The molecular weight excluding hydrogens is 340 g/mol. The lowest BCUT2D eigenvalue weighted by Gasteiger charge is -2.27. The number of fused-ring (bicyclic) bond motifs is 1. The number of nitrogens with zero attached hydrogens (tertiary/aromatic N) is 1. The van der Waals surface area contributed by atoms with Crippen LogP contribution < -0.4 is 10.2 Å². The van der Waals surface area contributed by atoms with Crippen molar-refractivity contribution in [1.29, 1.82) is 0 Å². The Labute approximate surface area is 156 Å². The Morgan fingerprint density at radius 1 is 0.963 bits per heavy atom. The molecule has 1 atom stereocenters. The van der Waals surface area contributed by atoms with E-state index in [1.54, 1.807) is 12.1 Å². The van der Waals surface area contributed by atoms with Gasteiger partial charge < -0.3 is 9.84 Å². The zero-order chi connectivity index (χ0) is 18.6. The van der Waals surface area contributed by atoms with Crippen molar-refractivity contribution in [3.8, 4) is 11.5 Å². The molecule has 0 saturated heterocycles. The number of nitrogens with one attached hydrogen (secondary N) is 1. The molecule has 0 unspecified atom stereocenters. The second kappa shape index (κ2) is 7.33. The van der Waals surface area contributed by atoms with Crippen molar-refractivity contribution in [2.45, 2.75) is 12.5 Å². The number of amides is 1. The number of hydrogen-bond acceptors (Lipinski definition) is 4. The standard InChI is InChI=1S/C22H18N2O3/c25-17-12-10-16(11-13-17)22(26)24-23-19-14-21(15-6-2-1-3-7-15)27-20-9-5-4-8-18(19)20/h1-13,21,25H,14H2,(H,24,26)/b23-19-/t21-/m1/s1. The third kappa shape index (κ3) is 3.67. The molecule has 0 fully saturated rings. The van der Waals surface area contributed by atoms with Gasteiger partial charge in [0.1, 0.15) is 17.6 Å². The normalized spacial score (nSPS) is 17.0. The van der Waals surface area contributed by atoms with Crippen molar-refractivity contribution in [1.82, 2.24) is 5.43 Å². The summed E-state index contributed by atoms with van der Waals surface area (Å²) in [5.74, 6) is 0.528. The highest BCUT2D eigenvalue weighted by molar-refractivity contribution is 6.05. The lowest BCUT2D eigenvalue weighted by molar-refractivity contribution is 0.0954. The quantitative estimate of drug-likeness (QED) is 0.694. The zero-order valence-electron chi connectivity index (χ0n) is 14.5. The van der Waals surface area contributed by atoms with Gasteiger partial charge in [0.25, 0.3) is 5.91 Å². The predicted octanol–water partition coefficient (Wildman–Crippen LogP) is 4.05. The number of ether oxygens (including phenoxy) is 1. The molecule has 0 bridgehead atoms. The number of aromatic hydroxyl groups is 1. The second-order valence-corrected chi connectivity index (χ2v) is 6.26. The largest absolute Gasteiger partial charge is 0.508 e. The Hall–Kier alpha value is -3.60. The van der Waals surface area contributed by atoms with Gasteiger partial charge >= 0.3 is 0 Å². The highest BCUT2D eigenvalue weighted by Gasteiger charge is 2.26. The van der Waals surface area contributed by atoms with Crippen molar-refractivity contribution in [3.05, 3.63) is 95.6 Å². The molecule has 5 nitrogen and oxygen atoms in total. The first-order valence-corrected chi connectivity index (χ1v) is 8.67. The number of hydrazone groups is 1. The summed E-state index contributed by atoms with van der Waals surface area (Å²) in [6, 6.07) is 23.7. The van der Waals surface area contributed by atoms with Crippen LogP contribution in [-0.4, -0.2) is 16.7 Å². The monoisotopic (exact) mass is 358 g/mol. The van der Waals surface area contributed by atoms with Gasteiger partial charge in [0, 0.05) is 17.5 Å². The Kier molecular flexibility index (Phi) is 4.58. The fourth-order valence-corrected chi connectivity index (χ4v) is 3.04. The first-order chi connectivity index (χ1) is 13.2. The van der Waals surface area contributed by atoms with E-state index in [0.717, 1.165) is 22.6 Å². The van der Waals surface area contributed by atoms with Crippen molar-refractivity contribution in [3.63, 3.8) is 0 Å². The minimum absolute atomic E-state index is 0.113. The van der Waals surface area contributed by atoms with Crippen molar-refractivity contribution >= 4 is 11.6 Å². The SMILES string of the molecule is O=C(N/N=C1/C[C@H](c2ccccc2)Oc2ccccc21)c1ccc(O)cc1. The van der Waals surface area contributed by atoms with Crippen LogP contribution in [0.15, 0.2) is 84.0 Å². The van der Waals surface area contributed by atoms with E-state index in [1.807, 2.05) is 54.6 Å². The average Bonchev–Trinajstić information content (AvgIpc) is 2.72. The maximum atomic E-state index is 12.3. The van der Waals surface area contributed by atoms with Crippen LogP contribution in [0.5, 0.6) is 11.5 Å². The number of hydrogen-bond donors (Lipinski definition) is 2. The first-order valence-electron chi connectivity index (χ1n) is 8.67. The topological polar surface area (TPSA) is 70.9 Å². The number of phenols is 1. The molecule has 1 aliphatic heterocycles. The van der Waals surface area contributed by atoms with E-state index in [4.69, 9.17) is 4.74 Å². The third-order valence-electron chi connectivity index (χ3n) is 4.44. The van der Waals surface area contributed by atoms with E-state index >= 15 is 0 Å². The molecule has 5 heteroatoms. The van der Waals surface area contributed by atoms with E-state index in [1.165, 1.54) is 12.1 Å². The van der Waals surface area contributed by atoms with Crippen molar-refractivity contribution < 1.29 is 14.6 Å². The summed E-state index contributed by atoms with van der Waals surface area (Å²) in [5, 5.41) is 13.7. The van der Waals surface area contributed by atoms with Gasteiger partial charge in [-0.1, -0.05) is 42.5 Å². The molecule has 2 N–H and O–H groups in total. The van der Waals surface area contributed by atoms with Crippen LogP contribution in [0.25, 0.3) is 0 Å². The number of phenolic OH excluding ortho intramolecular Hbond substituents is 1. The van der Waals surface area contributed by atoms with Gasteiger partial charge in [0.2, 0.25) is 0 Å². The fraction of sp³-hybridized carbons (Fsp3) is 0.0909. The molecule has 4 rings (SSSR count). The van der Waals surface area contributed by atoms with Crippen LogP contribution in [0.2, 0.25) is 0 Å². The van der Waals surface area contributed by atoms with Crippen LogP contribution in [0, 0.1) is 0 Å². The maximum absolute atomic E-state index is 12.3. The number of carbonyl (C=O) groups excluding carboxylic acids is 1. The lowest BCUT2D eigenvalue weighted by Crippen LogP contribution is -2.25. The Balaban J connectivity index is 1.61. The highest BCUT2D eigenvalue weighted by atomic mass is 16.5. The molecule has 0 radical (unpaired) electrons. The second-order valence-electron chi connectivity index (χ2n) is 6.26. The van der Waals surface area contributed by atoms with E-state index in [9.17, 15) is 9.90 Å². The molecular formula is C22H18N2O3. The van der Waals surface area contributed by atoms with Gasteiger partial charge in [-0.15, -0.1) is 0 Å². The zero-order valence-corrected chi connectivity index (χ0v) is 14.5. The first kappa shape index (κ1) is 16.8. The Bertz CT molecular complexity index is 982. The van der Waals surface area contributed by atoms with Crippen molar-refractivity contribution in [2.75, 3.05) is 0 Å². The molecule has 27 heavy (non-hydrogen) atoms. The van der Waals surface area contributed by atoms with Crippen LogP contribution in [0.3, 0.4) is 0 Å². The van der Waals surface area contributed by atoms with E-state index in [2.05, 4.69) is 10.5 Å². The predicted molar refractivity (Wildman–Crippen MR) is 103 cm³/mol. The number of para-hydroxylation sites is 1. The Morgan fingerprint density at radius 2 is 1.67 bits per heavy atom. The number of benzene rings is 3. The van der Waals surface area contributed by atoms with Gasteiger partial charge in [0.05, 0.1) is 5.71 Å². The third-order valence-corrected chi connectivity index (χ3v) is 4.44. The van der Waals surface area contributed by atoms with E-state index < -0.39 is 0 Å². The van der Waals surface area contributed by atoms with Crippen LogP contribution >= 0.6 is 0 Å².